The maximum Gasteiger partial charge on any atom is 0.261 e. The van der Waals surface area contributed by atoms with Gasteiger partial charge in [-0.25, -0.2) is 0 Å². The summed E-state index contributed by atoms with van der Waals surface area (Å²) in [7, 11) is 2.06. The zero-order chi connectivity index (χ0) is 14.1. The van der Waals surface area contributed by atoms with Crippen LogP contribution in [0.2, 0.25) is 0 Å². The SMILES string of the molecule is CCc1cc(-c2nc(C3CN(C)CCO3)no2)c(N)s1. The first-order valence-electron chi connectivity index (χ1n) is 6.69. The number of ether oxygens (including phenoxy) is 1. The lowest BCUT2D eigenvalue weighted by Gasteiger charge is -2.27. The minimum Gasteiger partial charge on any atom is -0.390 e. The Morgan fingerprint density at radius 1 is 1.55 bits per heavy atom. The lowest BCUT2D eigenvalue weighted by Crippen LogP contribution is -2.35. The summed E-state index contributed by atoms with van der Waals surface area (Å²) in [5, 5.41) is 4.76. The highest BCUT2D eigenvalue weighted by Gasteiger charge is 2.25. The number of aromatic nitrogens is 2. The Kier molecular flexibility index (Phi) is 3.73. The van der Waals surface area contributed by atoms with Gasteiger partial charge in [0.25, 0.3) is 5.89 Å². The molecule has 0 amide bonds. The summed E-state index contributed by atoms with van der Waals surface area (Å²) in [5.74, 6) is 1.07. The van der Waals surface area contributed by atoms with E-state index in [-0.39, 0.29) is 6.10 Å². The van der Waals surface area contributed by atoms with Crippen molar-refractivity contribution in [2.75, 3.05) is 32.5 Å². The van der Waals surface area contributed by atoms with Gasteiger partial charge in [0.15, 0.2) is 0 Å². The van der Waals surface area contributed by atoms with Gasteiger partial charge in [0.05, 0.1) is 17.2 Å². The molecule has 3 heterocycles. The van der Waals surface area contributed by atoms with E-state index in [1.54, 1.807) is 11.3 Å². The third-order valence-electron chi connectivity index (χ3n) is 3.39. The topological polar surface area (TPSA) is 77.4 Å². The molecule has 0 aliphatic carbocycles. The molecule has 1 aliphatic rings. The van der Waals surface area contributed by atoms with E-state index in [2.05, 4.69) is 29.0 Å². The smallest absolute Gasteiger partial charge is 0.261 e. The Balaban J connectivity index is 1.84. The van der Waals surface area contributed by atoms with Crippen LogP contribution in [0.25, 0.3) is 11.5 Å². The molecular weight excluding hydrogens is 276 g/mol. The predicted octanol–water partition coefficient (Wildman–Crippen LogP) is 1.95. The molecule has 2 N–H and O–H groups in total. The van der Waals surface area contributed by atoms with Gasteiger partial charge in [-0.1, -0.05) is 12.1 Å². The number of hydrogen-bond acceptors (Lipinski definition) is 7. The highest BCUT2D eigenvalue weighted by atomic mass is 32.1. The van der Waals surface area contributed by atoms with Gasteiger partial charge >= 0.3 is 0 Å². The van der Waals surface area contributed by atoms with E-state index in [0.717, 1.165) is 30.1 Å². The Hall–Kier alpha value is -1.44. The molecule has 1 fully saturated rings. The molecule has 1 aliphatic heterocycles. The standard InChI is InChI=1S/C13H18N4O2S/c1-3-8-6-9(11(14)20-8)13-15-12(16-19-13)10-7-17(2)4-5-18-10/h6,10H,3-5,7,14H2,1-2H3. The molecule has 0 bridgehead atoms. The van der Waals surface area contributed by atoms with Crippen molar-refractivity contribution in [1.82, 2.24) is 15.0 Å². The number of likely N-dealkylation sites (N-methyl/N-ethyl adjacent to an activating group) is 1. The minimum atomic E-state index is -0.128. The molecule has 0 saturated carbocycles. The summed E-state index contributed by atoms with van der Waals surface area (Å²) >= 11 is 1.56. The number of anilines is 1. The molecule has 0 aromatic carbocycles. The van der Waals surface area contributed by atoms with Gasteiger partial charge < -0.3 is 19.9 Å². The van der Waals surface area contributed by atoms with Crippen LogP contribution in [-0.4, -0.2) is 41.8 Å². The highest BCUT2D eigenvalue weighted by molar-refractivity contribution is 7.16. The fraction of sp³-hybridized carbons (Fsp3) is 0.538. The first-order chi connectivity index (χ1) is 9.67. The quantitative estimate of drug-likeness (QED) is 0.932. The van der Waals surface area contributed by atoms with Crippen molar-refractivity contribution in [3.8, 4) is 11.5 Å². The van der Waals surface area contributed by atoms with Crippen LogP contribution in [0.3, 0.4) is 0 Å². The first kappa shape index (κ1) is 13.5. The van der Waals surface area contributed by atoms with E-state index in [0.29, 0.717) is 18.3 Å². The van der Waals surface area contributed by atoms with Crippen molar-refractivity contribution in [3.63, 3.8) is 0 Å². The summed E-state index contributed by atoms with van der Waals surface area (Å²) in [6.07, 6.45) is 0.823. The van der Waals surface area contributed by atoms with Gasteiger partial charge in [0, 0.05) is 18.0 Å². The van der Waals surface area contributed by atoms with Crippen LogP contribution in [-0.2, 0) is 11.2 Å². The molecule has 2 aromatic heterocycles. The van der Waals surface area contributed by atoms with Gasteiger partial charge in [0.2, 0.25) is 5.82 Å². The zero-order valence-electron chi connectivity index (χ0n) is 11.6. The second-order valence-corrected chi connectivity index (χ2v) is 6.09. The number of nitrogens with two attached hydrogens (primary N) is 1. The molecule has 20 heavy (non-hydrogen) atoms. The molecule has 2 aromatic rings. The van der Waals surface area contributed by atoms with Crippen molar-refractivity contribution in [2.45, 2.75) is 19.4 Å². The highest BCUT2D eigenvalue weighted by Crippen LogP contribution is 2.34. The molecule has 0 radical (unpaired) electrons. The average molecular weight is 294 g/mol. The van der Waals surface area contributed by atoms with Crippen LogP contribution in [0.15, 0.2) is 10.6 Å². The Morgan fingerprint density at radius 2 is 2.40 bits per heavy atom. The molecule has 0 spiro atoms. The van der Waals surface area contributed by atoms with Gasteiger partial charge in [-0.3, -0.25) is 0 Å². The van der Waals surface area contributed by atoms with E-state index in [1.807, 2.05) is 6.07 Å². The number of morpholine rings is 1. The van der Waals surface area contributed by atoms with Gasteiger partial charge in [0.1, 0.15) is 6.10 Å². The van der Waals surface area contributed by atoms with Crippen molar-refractivity contribution in [3.05, 3.63) is 16.8 Å². The van der Waals surface area contributed by atoms with Crippen LogP contribution < -0.4 is 5.73 Å². The minimum absolute atomic E-state index is 0.128. The molecule has 108 valence electrons. The number of hydrogen-bond donors (Lipinski definition) is 1. The third-order valence-corrected chi connectivity index (χ3v) is 4.50. The van der Waals surface area contributed by atoms with E-state index < -0.39 is 0 Å². The second-order valence-electron chi connectivity index (χ2n) is 4.92. The van der Waals surface area contributed by atoms with Crippen molar-refractivity contribution >= 4 is 16.3 Å². The van der Waals surface area contributed by atoms with Crippen LogP contribution in [0.1, 0.15) is 23.7 Å². The summed E-state index contributed by atoms with van der Waals surface area (Å²) in [4.78, 5) is 7.85. The van der Waals surface area contributed by atoms with Crippen LogP contribution >= 0.6 is 11.3 Å². The normalized spacial score (nSPS) is 20.4. The average Bonchev–Trinajstić information content (AvgIpc) is 3.05. The first-order valence-corrected chi connectivity index (χ1v) is 7.51. The van der Waals surface area contributed by atoms with Crippen molar-refractivity contribution in [2.24, 2.45) is 0 Å². The molecule has 6 nitrogen and oxygen atoms in total. The van der Waals surface area contributed by atoms with Gasteiger partial charge in [-0.2, -0.15) is 4.98 Å². The molecule has 7 heteroatoms. The fourth-order valence-electron chi connectivity index (χ4n) is 2.21. The van der Waals surface area contributed by atoms with E-state index in [1.165, 1.54) is 4.88 Å². The van der Waals surface area contributed by atoms with Gasteiger partial charge in [-0.15, -0.1) is 11.3 Å². The summed E-state index contributed by atoms with van der Waals surface area (Å²) in [5.41, 5.74) is 6.84. The zero-order valence-corrected chi connectivity index (χ0v) is 12.4. The van der Waals surface area contributed by atoms with Crippen molar-refractivity contribution in [1.29, 1.82) is 0 Å². The lowest BCUT2D eigenvalue weighted by atomic mass is 10.2. The number of aryl methyl sites for hydroxylation is 1. The fourth-order valence-corrected chi connectivity index (χ4v) is 3.07. The van der Waals surface area contributed by atoms with E-state index in [9.17, 15) is 0 Å². The summed E-state index contributed by atoms with van der Waals surface area (Å²) < 4.78 is 11.0. The number of nitrogen functional groups attached to an aromatic ring is 1. The summed E-state index contributed by atoms with van der Waals surface area (Å²) in [6, 6.07) is 2.02. The predicted molar refractivity (Wildman–Crippen MR) is 77.6 cm³/mol. The summed E-state index contributed by atoms with van der Waals surface area (Å²) in [6.45, 7) is 4.49. The molecule has 3 rings (SSSR count). The maximum atomic E-state index is 6.01. The van der Waals surface area contributed by atoms with Crippen molar-refractivity contribution < 1.29 is 9.26 Å². The number of nitrogens with zero attached hydrogens (tertiary/aromatic N) is 3. The molecular formula is C13H18N4O2S. The maximum absolute atomic E-state index is 6.01. The van der Waals surface area contributed by atoms with E-state index >= 15 is 0 Å². The number of rotatable bonds is 3. The second kappa shape index (κ2) is 5.51. The molecule has 1 atom stereocenters. The Labute approximate surface area is 121 Å². The molecule has 1 unspecified atom stereocenters. The molecule has 1 saturated heterocycles. The van der Waals surface area contributed by atoms with Crippen LogP contribution in [0, 0.1) is 0 Å². The number of thiophene rings is 1. The largest absolute Gasteiger partial charge is 0.390 e. The van der Waals surface area contributed by atoms with Gasteiger partial charge in [-0.05, 0) is 19.5 Å². The third kappa shape index (κ3) is 2.56. The lowest BCUT2D eigenvalue weighted by molar-refractivity contribution is -0.0264. The van der Waals surface area contributed by atoms with E-state index in [4.69, 9.17) is 15.0 Å². The Morgan fingerprint density at radius 3 is 3.10 bits per heavy atom. The Bertz CT molecular complexity index is 595. The monoisotopic (exact) mass is 294 g/mol. The van der Waals surface area contributed by atoms with Crippen LogP contribution in [0.5, 0.6) is 0 Å². The van der Waals surface area contributed by atoms with Crippen LogP contribution in [0.4, 0.5) is 5.00 Å².